The Morgan fingerprint density at radius 2 is 1.80 bits per heavy atom. The van der Waals surface area contributed by atoms with Gasteiger partial charge in [0.05, 0.1) is 29.3 Å². The van der Waals surface area contributed by atoms with Gasteiger partial charge >= 0.3 is 6.03 Å². The van der Waals surface area contributed by atoms with Crippen molar-refractivity contribution >= 4 is 46.4 Å². The number of rotatable bonds is 9. The molecular weight excluding hydrogens is 752 g/mol. The third-order valence-corrected chi connectivity index (χ3v) is 12.7. The third kappa shape index (κ3) is 6.78. The standard InChI is InChI=1S/C43H47FN12O3/c1-26-20-47-34(18-36(26)55-13-4-12-46-42(55)59)41(58)53-15-10-43(11-16-53)24-52(25-43)23-27-7-8-31(48-21-27)28-5-3-6-35-29(28)9-14-54(35)38-19-33(45-2)39-49-22-37(56(39)51-38)40(57)50-32-17-30(32)44/h3,5-8,18-22,30,32,45H,4,9-17,23-25H2,1-2H3,(H,46,59)(H,50,57)/t30-,32+/m0/s1. The van der Waals surface area contributed by atoms with E-state index in [0.717, 1.165) is 84.8 Å². The number of benzene rings is 1. The molecule has 0 unspecified atom stereocenters. The lowest BCUT2D eigenvalue weighted by molar-refractivity contribution is -0.0466. The lowest BCUT2D eigenvalue weighted by Gasteiger charge is -2.54. The average Bonchev–Trinajstić information content (AvgIpc) is 3.56. The van der Waals surface area contributed by atoms with Crippen LogP contribution in [0.15, 0.2) is 61.1 Å². The molecule has 3 N–H and O–H groups in total. The molecule has 59 heavy (non-hydrogen) atoms. The number of carbonyl (C=O) groups is 3. The summed E-state index contributed by atoms with van der Waals surface area (Å²) in [6.45, 7) is 8.13. The zero-order chi connectivity index (χ0) is 40.4. The number of hydrogen-bond acceptors (Lipinski definition) is 10. The predicted molar refractivity (Wildman–Crippen MR) is 221 cm³/mol. The maximum atomic E-state index is 13.6. The number of carbonyl (C=O) groups excluding carboxylic acids is 3. The summed E-state index contributed by atoms with van der Waals surface area (Å²) in [7, 11) is 1.81. The van der Waals surface area contributed by atoms with Crippen LogP contribution in [0, 0.1) is 12.3 Å². The van der Waals surface area contributed by atoms with Crippen LogP contribution in [0.25, 0.3) is 16.9 Å². The van der Waals surface area contributed by atoms with Crippen LogP contribution in [0.3, 0.4) is 0 Å². The third-order valence-electron chi connectivity index (χ3n) is 12.7. The summed E-state index contributed by atoms with van der Waals surface area (Å²) in [5.74, 6) is 0.208. The molecule has 0 radical (unpaired) electrons. The van der Waals surface area contributed by atoms with Crippen LogP contribution in [0.5, 0.6) is 0 Å². The number of imidazole rings is 1. The first-order valence-electron chi connectivity index (χ1n) is 20.6. The largest absolute Gasteiger partial charge is 0.385 e. The van der Waals surface area contributed by atoms with Crippen molar-refractivity contribution in [3.63, 3.8) is 0 Å². The molecule has 15 nitrogen and oxygen atoms in total. The van der Waals surface area contributed by atoms with E-state index in [1.165, 1.54) is 16.3 Å². The second-order valence-electron chi connectivity index (χ2n) is 16.7. The summed E-state index contributed by atoms with van der Waals surface area (Å²) in [6, 6.07) is 13.7. The first kappa shape index (κ1) is 37.1. The van der Waals surface area contributed by atoms with E-state index in [1.807, 2.05) is 37.2 Å². The predicted octanol–water partition coefficient (Wildman–Crippen LogP) is 4.73. The Labute approximate surface area is 341 Å². The molecule has 304 valence electrons. The van der Waals surface area contributed by atoms with Crippen LogP contribution in [0.2, 0.25) is 0 Å². The smallest absolute Gasteiger partial charge is 0.321 e. The minimum Gasteiger partial charge on any atom is -0.385 e. The zero-order valence-electron chi connectivity index (χ0n) is 33.2. The second-order valence-corrected chi connectivity index (χ2v) is 16.7. The number of fused-ring (bicyclic) bond motifs is 2. The Morgan fingerprint density at radius 3 is 2.54 bits per heavy atom. The topological polar surface area (TPSA) is 156 Å². The highest BCUT2D eigenvalue weighted by molar-refractivity contribution is 5.97. The van der Waals surface area contributed by atoms with E-state index in [2.05, 4.69) is 60.0 Å². The van der Waals surface area contributed by atoms with Gasteiger partial charge in [-0.25, -0.2) is 18.7 Å². The number of pyridine rings is 2. The number of likely N-dealkylation sites (tertiary alicyclic amines) is 2. The van der Waals surface area contributed by atoms with Gasteiger partial charge < -0.3 is 25.8 Å². The number of anilines is 4. The molecule has 1 aliphatic carbocycles. The van der Waals surface area contributed by atoms with Crippen LogP contribution in [0.4, 0.5) is 32.1 Å². The molecular formula is C43H47FN12O3. The molecule has 4 amide bonds. The molecule has 10 rings (SSSR count). The van der Waals surface area contributed by atoms with Gasteiger partial charge in [-0.3, -0.25) is 29.4 Å². The van der Waals surface area contributed by atoms with Crippen LogP contribution in [-0.4, -0.2) is 117 Å². The van der Waals surface area contributed by atoms with Gasteiger partial charge in [0.2, 0.25) is 0 Å². The number of alkyl halides is 1. The van der Waals surface area contributed by atoms with Gasteiger partial charge in [-0.05, 0) is 72.9 Å². The molecule has 1 spiro atoms. The van der Waals surface area contributed by atoms with Gasteiger partial charge in [-0.15, -0.1) is 5.10 Å². The number of aromatic nitrogens is 5. The Bertz CT molecular complexity index is 2470. The number of amides is 4. The van der Waals surface area contributed by atoms with E-state index < -0.39 is 18.1 Å². The van der Waals surface area contributed by atoms with E-state index >= 15 is 0 Å². The van der Waals surface area contributed by atoms with Crippen molar-refractivity contribution in [2.75, 3.05) is 68.0 Å². The van der Waals surface area contributed by atoms with Crippen molar-refractivity contribution in [2.45, 2.75) is 57.8 Å². The Kier molecular flexibility index (Phi) is 9.18. The first-order valence-corrected chi connectivity index (χ1v) is 20.6. The van der Waals surface area contributed by atoms with Crippen LogP contribution < -0.4 is 25.8 Å². The molecule has 1 aromatic carbocycles. The maximum Gasteiger partial charge on any atom is 0.321 e. The van der Waals surface area contributed by atoms with E-state index in [9.17, 15) is 18.8 Å². The van der Waals surface area contributed by atoms with Gasteiger partial charge in [0.15, 0.2) is 17.2 Å². The van der Waals surface area contributed by atoms with E-state index in [0.29, 0.717) is 56.3 Å². The highest BCUT2D eigenvalue weighted by Gasteiger charge is 2.45. The lowest BCUT2D eigenvalue weighted by Crippen LogP contribution is -2.60. The van der Waals surface area contributed by atoms with Crippen LogP contribution in [-0.2, 0) is 13.0 Å². The summed E-state index contributed by atoms with van der Waals surface area (Å²) in [5, 5.41) is 13.7. The molecule has 3 saturated heterocycles. The van der Waals surface area contributed by atoms with Gasteiger partial charge in [0.25, 0.3) is 11.8 Å². The molecule has 5 aliphatic rings. The first-order chi connectivity index (χ1) is 28.7. The van der Waals surface area contributed by atoms with Gasteiger partial charge in [0.1, 0.15) is 11.9 Å². The molecule has 4 aromatic heterocycles. The fourth-order valence-electron chi connectivity index (χ4n) is 9.29. The number of hydrogen-bond donors (Lipinski definition) is 3. The molecule has 4 fully saturated rings. The molecule has 8 heterocycles. The Morgan fingerprint density at radius 1 is 0.966 bits per heavy atom. The minimum absolute atomic E-state index is 0.0731. The summed E-state index contributed by atoms with van der Waals surface area (Å²) >= 11 is 0. The van der Waals surface area contributed by atoms with Crippen molar-refractivity contribution in [1.82, 2.24) is 45.0 Å². The van der Waals surface area contributed by atoms with Gasteiger partial charge in [-0.1, -0.05) is 18.2 Å². The molecule has 5 aromatic rings. The molecule has 4 aliphatic heterocycles. The highest BCUT2D eigenvalue weighted by atomic mass is 19.1. The van der Waals surface area contributed by atoms with Gasteiger partial charge in [0, 0.05) is 95.5 Å². The maximum absolute atomic E-state index is 13.6. The molecule has 2 atom stereocenters. The average molecular weight is 799 g/mol. The van der Waals surface area contributed by atoms with Crippen LogP contribution in [0.1, 0.15) is 63.4 Å². The highest BCUT2D eigenvalue weighted by Crippen LogP contribution is 2.42. The zero-order valence-corrected chi connectivity index (χ0v) is 33.2. The number of nitrogens with zero attached hydrogens (tertiary/aromatic N) is 9. The van der Waals surface area contributed by atoms with E-state index in [1.54, 1.807) is 17.2 Å². The monoisotopic (exact) mass is 798 g/mol. The number of piperidine rings is 1. The normalized spacial score (nSPS) is 21.0. The number of halogens is 1. The van der Waals surface area contributed by atoms with Crippen molar-refractivity contribution in [1.29, 1.82) is 0 Å². The Balaban J connectivity index is 0.771. The van der Waals surface area contributed by atoms with Crippen molar-refractivity contribution in [2.24, 2.45) is 5.41 Å². The molecule has 0 bridgehead atoms. The number of nitrogens with one attached hydrogen (secondary N) is 3. The van der Waals surface area contributed by atoms with Crippen molar-refractivity contribution < 1.29 is 18.8 Å². The summed E-state index contributed by atoms with van der Waals surface area (Å²) in [6.07, 6.45) is 8.07. The van der Waals surface area contributed by atoms with E-state index in [-0.39, 0.29) is 23.0 Å². The number of urea groups is 1. The summed E-state index contributed by atoms with van der Waals surface area (Å²) < 4.78 is 15.1. The lowest BCUT2D eigenvalue weighted by atomic mass is 9.72. The SMILES string of the molecule is CNc1cc(N2CCc3c(-c4ccc(CN5CC6(CCN(C(=O)c7cc(N8CCCNC8=O)c(C)cn7)CC6)C5)cn4)cccc32)nn2c(C(=O)N[C@@H]3C[C@@H]3F)cnc12. The minimum atomic E-state index is -1.00. The summed E-state index contributed by atoms with van der Waals surface area (Å²) in [4.78, 5) is 61.1. The van der Waals surface area contributed by atoms with Crippen molar-refractivity contribution in [3.05, 3.63) is 89.1 Å². The molecule has 16 heteroatoms. The number of aryl methyl sites for hydroxylation is 1. The van der Waals surface area contributed by atoms with E-state index in [4.69, 9.17) is 10.1 Å². The molecule has 1 saturated carbocycles. The van der Waals surface area contributed by atoms with Crippen molar-refractivity contribution in [3.8, 4) is 11.3 Å². The van der Waals surface area contributed by atoms with Crippen LogP contribution >= 0.6 is 0 Å². The Hall–Kier alpha value is -6.16. The quantitative estimate of drug-likeness (QED) is 0.191. The second kappa shape index (κ2) is 14.6. The fourth-order valence-corrected chi connectivity index (χ4v) is 9.29. The van der Waals surface area contributed by atoms with Gasteiger partial charge in [-0.2, -0.15) is 0 Å². The fraction of sp³-hybridized carbons (Fsp3) is 0.419. The summed E-state index contributed by atoms with van der Waals surface area (Å²) in [5.41, 5.74) is 9.13.